The highest BCUT2D eigenvalue weighted by Crippen LogP contribution is 2.34. The summed E-state index contributed by atoms with van der Waals surface area (Å²) >= 11 is 0. The van der Waals surface area contributed by atoms with E-state index in [1.165, 1.54) is 0 Å². The molecule has 0 bridgehead atoms. The number of hydrogen-bond donors (Lipinski definition) is 3. The summed E-state index contributed by atoms with van der Waals surface area (Å²) in [6.45, 7) is 13.1. The molecule has 0 radical (unpaired) electrons. The van der Waals surface area contributed by atoms with E-state index in [1.807, 2.05) is 36.2 Å². The molecular weight excluding hydrogens is 777 g/mol. The first-order chi connectivity index (χ1) is 29.5. The Kier molecular flexibility index (Phi) is 11.0. The molecule has 1 unspecified atom stereocenters. The Morgan fingerprint density at radius 1 is 0.836 bits per heavy atom. The summed E-state index contributed by atoms with van der Waals surface area (Å²) in [7, 11) is 1.83. The number of benzene rings is 2. The van der Waals surface area contributed by atoms with Crippen LogP contribution < -0.4 is 31.1 Å². The number of nitrogens with one attached hydrogen (secondary N) is 2. The van der Waals surface area contributed by atoms with Crippen LogP contribution in [0, 0.1) is 5.92 Å². The fourth-order valence-electron chi connectivity index (χ4n) is 9.85. The fraction of sp³-hybridized carbons (Fsp3) is 0.477. The Labute approximate surface area is 355 Å². The van der Waals surface area contributed by atoms with Crippen molar-refractivity contribution in [3.05, 3.63) is 77.8 Å². The zero-order valence-electron chi connectivity index (χ0n) is 34.7. The molecule has 6 aliphatic rings. The maximum atomic E-state index is 13.5. The van der Waals surface area contributed by atoms with Crippen molar-refractivity contribution < 1.29 is 24.0 Å². The van der Waals surface area contributed by atoms with Gasteiger partial charge in [0.1, 0.15) is 11.9 Å². The standard InChI is InChI=1S/C44H54N12O5/c1-28-7-14-36(41(58)47-28)56-42(59)34-13-12-32(23-35(34)43(56)60)53-15-3-5-29(26-53)25-51-18-20-52(21-19-51)31-10-8-30(9-11-31)48-40-38(39(45)57)46-24-37(49-40)54-16-4-6-33(27-54)55-22-17-50(2)44(55)61/h8-13,23-24,29,33,36H,1,3-7,14-22,25-27H2,2H3,(H2,45,57)(H,47,58)(H,48,49)/t29-,33+,36?/m0/s1. The van der Waals surface area contributed by atoms with E-state index in [2.05, 4.69) is 53.9 Å². The van der Waals surface area contributed by atoms with Crippen molar-refractivity contribution in [2.75, 3.05) is 99.1 Å². The summed E-state index contributed by atoms with van der Waals surface area (Å²) in [5, 5.41) is 5.99. The average Bonchev–Trinajstić information content (AvgIpc) is 3.73. The lowest BCUT2D eigenvalue weighted by Gasteiger charge is -2.40. The van der Waals surface area contributed by atoms with Gasteiger partial charge in [-0.25, -0.2) is 14.8 Å². The summed E-state index contributed by atoms with van der Waals surface area (Å²) in [4.78, 5) is 88.0. The van der Waals surface area contributed by atoms with Gasteiger partial charge in [-0.15, -0.1) is 0 Å². The third kappa shape index (κ3) is 8.05. The van der Waals surface area contributed by atoms with Gasteiger partial charge < -0.3 is 40.9 Å². The highest BCUT2D eigenvalue weighted by Gasteiger charge is 2.44. The number of piperidine rings is 3. The molecule has 1 aromatic heterocycles. The molecule has 0 saturated carbocycles. The Morgan fingerprint density at radius 3 is 2.31 bits per heavy atom. The molecule has 2 aromatic carbocycles. The second-order valence-corrected chi connectivity index (χ2v) is 17.2. The summed E-state index contributed by atoms with van der Waals surface area (Å²) < 4.78 is 0. The van der Waals surface area contributed by atoms with E-state index in [0.29, 0.717) is 53.8 Å². The number of imide groups is 1. The first-order valence-corrected chi connectivity index (χ1v) is 21.5. The van der Waals surface area contributed by atoms with E-state index in [0.717, 1.165) is 113 Å². The van der Waals surface area contributed by atoms with E-state index < -0.39 is 23.8 Å². The van der Waals surface area contributed by atoms with Gasteiger partial charge in [0.25, 0.3) is 17.7 Å². The van der Waals surface area contributed by atoms with Crippen molar-refractivity contribution in [1.82, 2.24) is 34.9 Å². The number of allylic oxidation sites excluding steroid dienone is 1. The lowest BCUT2D eigenvalue weighted by atomic mass is 9.96. The molecule has 6 aliphatic heterocycles. The smallest absolute Gasteiger partial charge is 0.320 e. The average molecular weight is 831 g/mol. The van der Waals surface area contributed by atoms with Crippen LogP contribution in [0.25, 0.3) is 0 Å². The molecule has 3 atom stereocenters. The minimum Gasteiger partial charge on any atom is -0.371 e. The molecule has 5 fully saturated rings. The molecule has 17 heteroatoms. The SMILES string of the molecule is C=C1CCC(N2C(=O)c3ccc(N4CCC[C@@H](CN5CCN(c6ccc(Nc7nc(N8CCC[C@@H](N9CCN(C)C9=O)C8)cnc7C(N)=O)cc6)CC5)C4)cc3C2=O)C(=O)N1. The molecule has 0 aliphatic carbocycles. The Morgan fingerprint density at radius 2 is 1.57 bits per heavy atom. The van der Waals surface area contributed by atoms with Crippen LogP contribution in [0.3, 0.4) is 0 Å². The van der Waals surface area contributed by atoms with Gasteiger partial charge in [0.15, 0.2) is 11.5 Å². The molecule has 0 spiro atoms. The summed E-state index contributed by atoms with van der Waals surface area (Å²) in [6, 6.07) is 12.9. The topological polar surface area (TPSA) is 184 Å². The summed E-state index contributed by atoms with van der Waals surface area (Å²) in [5.74, 6) is -0.439. The first kappa shape index (κ1) is 40.2. The van der Waals surface area contributed by atoms with Crippen LogP contribution in [0.5, 0.6) is 0 Å². The van der Waals surface area contributed by atoms with Crippen LogP contribution in [0.4, 0.5) is 33.5 Å². The van der Waals surface area contributed by atoms with Gasteiger partial charge in [0, 0.05) is 102 Å². The van der Waals surface area contributed by atoms with Gasteiger partial charge in [-0.2, -0.15) is 0 Å². The largest absolute Gasteiger partial charge is 0.371 e. The number of urea groups is 1. The number of nitrogens with two attached hydrogens (primary N) is 1. The van der Waals surface area contributed by atoms with E-state index in [1.54, 1.807) is 17.2 Å². The number of anilines is 5. The Balaban J connectivity index is 0.781. The number of piperazine rings is 1. The number of likely N-dealkylation sites (N-methyl/N-ethyl adjacent to an activating group) is 1. The van der Waals surface area contributed by atoms with Crippen LogP contribution in [0.1, 0.15) is 69.7 Å². The minimum atomic E-state index is -0.822. The fourth-order valence-corrected chi connectivity index (χ4v) is 9.85. The van der Waals surface area contributed by atoms with Crippen LogP contribution in [0.15, 0.2) is 60.9 Å². The minimum absolute atomic E-state index is 0.0606. The molecule has 6 amide bonds. The lowest BCUT2D eigenvalue weighted by Crippen LogP contribution is -2.51. The van der Waals surface area contributed by atoms with Crippen molar-refractivity contribution >= 4 is 58.4 Å². The number of carbonyl (C=O) groups is 5. The van der Waals surface area contributed by atoms with Crippen molar-refractivity contribution in [3.8, 4) is 0 Å². The number of nitrogens with zero attached hydrogens (tertiary/aromatic N) is 9. The molecule has 5 saturated heterocycles. The van der Waals surface area contributed by atoms with E-state index in [4.69, 9.17) is 10.7 Å². The van der Waals surface area contributed by atoms with Crippen molar-refractivity contribution in [2.24, 2.45) is 11.7 Å². The highest BCUT2D eigenvalue weighted by molar-refractivity contribution is 6.23. The molecule has 4 N–H and O–H groups in total. The van der Waals surface area contributed by atoms with Gasteiger partial charge in [-0.1, -0.05) is 6.58 Å². The van der Waals surface area contributed by atoms with E-state index in [-0.39, 0.29) is 23.7 Å². The van der Waals surface area contributed by atoms with Crippen molar-refractivity contribution in [2.45, 2.75) is 50.6 Å². The molecular formula is C44H54N12O5. The third-order valence-electron chi connectivity index (χ3n) is 13.2. The number of amides is 6. The van der Waals surface area contributed by atoms with Crippen LogP contribution >= 0.6 is 0 Å². The number of carbonyl (C=O) groups excluding carboxylic acids is 5. The number of rotatable bonds is 10. The van der Waals surface area contributed by atoms with Crippen molar-refractivity contribution in [3.63, 3.8) is 0 Å². The predicted octanol–water partition coefficient (Wildman–Crippen LogP) is 3.08. The van der Waals surface area contributed by atoms with Gasteiger partial charge in [0.05, 0.1) is 23.4 Å². The number of hydrogen-bond acceptors (Lipinski definition) is 12. The van der Waals surface area contributed by atoms with Gasteiger partial charge in [-0.05, 0) is 86.9 Å². The lowest BCUT2D eigenvalue weighted by molar-refractivity contribution is -0.125. The third-order valence-corrected chi connectivity index (χ3v) is 13.2. The van der Waals surface area contributed by atoms with Crippen LogP contribution in [-0.4, -0.2) is 150 Å². The highest BCUT2D eigenvalue weighted by atomic mass is 16.2. The second-order valence-electron chi connectivity index (χ2n) is 17.2. The molecule has 61 heavy (non-hydrogen) atoms. The van der Waals surface area contributed by atoms with Gasteiger partial charge in [0.2, 0.25) is 5.91 Å². The van der Waals surface area contributed by atoms with Crippen LogP contribution in [-0.2, 0) is 4.79 Å². The van der Waals surface area contributed by atoms with E-state index in [9.17, 15) is 24.0 Å². The Hall–Kier alpha value is -6.23. The summed E-state index contributed by atoms with van der Waals surface area (Å²) in [5.41, 5.74) is 9.93. The van der Waals surface area contributed by atoms with Crippen molar-refractivity contribution in [1.29, 1.82) is 0 Å². The molecule has 9 rings (SSSR count). The van der Waals surface area contributed by atoms with Gasteiger partial charge in [-0.3, -0.25) is 29.0 Å². The number of primary amides is 1. The number of fused-ring (bicyclic) bond motifs is 1. The zero-order valence-corrected chi connectivity index (χ0v) is 34.7. The van der Waals surface area contributed by atoms with Crippen LogP contribution in [0.2, 0.25) is 0 Å². The first-order valence-electron chi connectivity index (χ1n) is 21.5. The van der Waals surface area contributed by atoms with Gasteiger partial charge >= 0.3 is 6.03 Å². The quantitative estimate of drug-likeness (QED) is 0.255. The summed E-state index contributed by atoms with van der Waals surface area (Å²) in [6.07, 6.45) is 6.53. The molecule has 3 aromatic rings. The monoisotopic (exact) mass is 830 g/mol. The van der Waals surface area contributed by atoms with E-state index >= 15 is 0 Å². The molecule has 320 valence electrons. The number of aromatic nitrogens is 2. The zero-order chi connectivity index (χ0) is 42.4. The molecule has 7 heterocycles. The normalized spacial score (nSPS) is 23.8. The second kappa shape index (κ2) is 16.7. The maximum absolute atomic E-state index is 13.5. The molecule has 17 nitrogen and oxygen atoms in total. The predicted molar refractivity (Wildman–Crippen MR) is 231 cm³/mol. The maximum Gasteiger partial charge on any atom is 0.320 e. The Bertz CT molecular complexity index is 2240.